The van der Waals surface area contributed by atoms with E-state index in [1.165, 1.54) is 0 Å². The van der Waals surface area contributed by atoms with Gasteiger partial charge in [0.25, 0.3) is 0 Å². The summed E-state index contributed by atoms with van der Waals surface area (Å²) in [6.45, 7) is 5.95. The fraction of sp³-hybridized carbons (Fsp3) is 0.360. The van der Waals surface area contributed by atoms with Crippen LogP contribution in [0.25, 0.3) is 10.8 Å². The molecule has 0 spiro atoms. The number of hydrogen-bond donors (Lipinski definition) is 0. The Morgan fingerprint density at radius 2 is 1.40 bits per heavy atom. The number of nitrogens with zero attached hydrogens (tertiary/aromatic N) is 2. The molecule has 0 fully saturated rings. The summed E-state index contributed by atoms with van der Waals surface area (Å²) in [6, 6.07) is 19.5. The highest BCUT2D eigenvalue weighted by molar-refractivity contribution is 7.89. The largest absolute Gasteiger partial charge is 0.309 e. The zero-order valence-corrected chi connectivity index (χ0v) is 19.2. The third-order valence-corrected chi connectivity index (χ3v) is 7.10. The van der Waals surface area contributed by atoms with Gasteiger partial charge in [0, 0.05) is 13.1 Å². The van der Waals surface area contributed by atoms with Crippen LogP contribution >= 0.6 is 0 Å². The van der Waals surface area contributed by atoms with Crippen LogP contribution in [0.5, 0.6) is 0 Å². The third-order valence-electron chi connectivity index (χ3n) is 5.26. The molecule has 0 amide bonds. The molecule has 4 nitrogen and oxygen atoms in total. The van der Waals surface area contributed by atoms with Crippen molar-refractivity contribution in [2.75, 3.05) is 27.2 Å². The lowest BCUT2D eigenvalue weighted by Gasteiger charge is -2.23. The van der Waals surface area contributed by atoms with Gasteiger partial charge in [-0.25, -0.2) is 8.42 Å². The summed E-state index contributed by atoms with van der Waals surface area (Å²) >= 11 is 0. The molecule has 160 valence electrons. The molecule has 0 saturated heterocycles. The Kier molecular flexibility index (Phi) is 7.29. The van der Waals surface area contributed by atoms with E-state index in [0.29, 0.717) is 18.0 Å². The Morgan fingerprint density at radius 3 is 2.07 bits per heavy atom. The Balaban J connectivity index is 1.91. The lowest BCUT2D eigenvalue weighted by Crippen LogP contribution is -2.32. The summed E-state index contributed by atoms with van der Waals surface area (Å²) < 4.78 is 28.8. The maximum Gasteiger partial charge on any atom is 0.243 e. The highest BCUT2D eigenvalue weighted by Gasteiger charge is 2.25. The van der Waals surface area contributed by atoms with Gasteiger partial charge < -0.3 is 4.90 Å². The Labute approximate surface area is 181 Å². The number of sulfonamides is 1. The van der Waals surface area contributed by atoms with Crippen molar-refractivity contribution in [3.63, 3.8) is 0 Å². The van der Waals surface area contributed by atoms with E-state index in [4.69, 9.17) is 0 Å². The predicted molar refractivity (Wildman–Crippen MR) is 125 cm³/mol. The highest BCUT2D eigenvalue weighted by Crippen LogP contribution is 2.24. The van der Waals surface area contributed by atoms with Crippen LogP contribution in [-0.2, 0) is 16.6 Å². The monoisotopic (exact) mass is 424 g/mol. The minimum atomic E-state index is -3.60. The topological polar surface area (TPSA) is 40.6 Å². The molecule has 0 saturated carbocycles. The first kappa shape index (κ1) is 22.5. The predicted octanol–water partition coefficient (Wildman–Crippen LogP) is 4.99. The SMILES string of the molecule is Cc1cc(C)cc(CN(CCCCN(C)C)S(=O)(=O)c2ccc3ccccc3c2)c1. The van der Waals surface area contributed by atoms with Crippen molar-refractivity contribution in [2.24, 2.45) is 0 Å². The van der Waals surface area contributed by atoms with Gasteiger partial charge in [-0.2, -0.15) is 4.31 Å². The summed E-state index contributed by atoms with van der Waals surface area (Å²) in [5, 5.41) is 1.99. The van der Waals surface area contributed by atoms with E-state index in [0.717, 1.165) is 46.8 Å². The minimum absolute atomic E-state index is 0.359. The van der Waals surface area contributed by atoms with Crippen molar-refractivity contribution in [2.45, 2.75) is 38.1 Å². The van der Waals surface area contributed by atoms with Gasteiger partial charge >= 0.3 is 0 Å². The van der Waals surface area contributed by atoms with E-state index in [-0.39, 0.29) is 0 Å². The van der Waals surface area contributed by atoms with Gasteiger partial charge in [0.15, 0.2) is 0 Å². The van der Waals surface area contributed by atoms with Crippen molar-refractivity contribution in [1.82, 2.24) is 9.21 Å². The molecule has 0 bridgehead atoms. The molecule has 30 heavy (non-hydrogen) atoms. The standard InChI is InChI=1S/C25H32N2O2S/c1-20-15-21(2)17-22(16-20)19-27(14-8-7-13-26(3)4)30(28,29)25-12-11-23-9-5-6-10-24(23)18-25/h5-6,9-12,15-18H,7-8,13-14,19H2,1-4H3. The van der Waals surface area contributed by atoms with Crippen molar-refractivity contribution in [3.8, 4) is 0 Å². The van der Waals surface area contributed by atoms with Crippen LogP contribution in [0.4, 0.5) is 0 Å². The van der Waals surface area contributed by atoms with Gasteiger partial charge in [-0.15, -0.1) is 0 Å². The molecule has 0 radical (unpaired) electrons. The molecule has 3 aromatic carbocycles. The van der Waals surface area contributed by atoms with E-state index >= 15 is 0 Å². The molecule has 0 aliphatic heterocycles. The first-order valence-corrected chi connectivity index (χ1v) is 11.9. The van der Waals surface area contributed by atoms with Crippen molar-refractivity contribution in [3.05, 3.63) is 77.4 Å². The van der Waals surface area contributed by atoms with Crippen LogP contribution < -0.4 is 0 Å². The van der Waals surface area contributed by atoms with E-state index in [2.05, 4.69) is 36.9 Å². The molecule has 0 heterocycles. The molecule has 3 aromatic rings. The average Bonchev–Trinajstić information content (AvgIpc) is 2.69. The Hall–Kier alpha value is -2.21. The van der Waals surface area contributed by atoms with Gasteiger partial charge in [-0.05, 0) is 75.8 Å². The van der Waals surface area contributed by atoms with Crippen molar-refractivity contribution < 1.29 is 8.42 Å². The zero-order valence-electron chi connectivity index (χ0n) is 18.4. The number of rotatable bonds is 9. The van der Waals surface area contributed by atoms with Gasteiger partial charge in [-0.3, -0.25) is 0 Å². The normalized spacial score (nSPS) is 12.2. The Morgan fingerprint density at radius 1 is 0.767 bits per heavy atom. The molecule has 0 aliphatic rings. The molecule has 0 atom stereocenters. The van der Waals surface area contributed by atoms with Crippen molar-refractivity contribution >= 4 is 20.8 Å². The zero-order chi connectivity index (χ0) is 21.7. The maximum atomic E-state index is 13.6. The fourth-order valence-corrected chi connectivity index (χ4v) is 5.34. The van der Waals surface area contributed by atoms with Crippen LogP contribution in [0.1, 0.15) is 29.5 Å². The summed E-state index contributed by atoms with van der Waals surface area (Å²) in [5.41, 5.74) is 3.34. The first-order valence-electron chi connectivity index (χ1n) is 10.5. The Bertz CT molecular complexity index is 1090. The van der Waals surface area contributed by atoms with E-state index < -0.39 is 10.0 Å². The molecule has 3 rings (SSSR count). The number of benzene rings is 3. The van der Waals surface area contributed by atoms with E-state index in [9.17, 15) is 8.42 Å². The highest BCUT2D eigenvalue weighted by atomic mass is 32.2. The number of fused-ring (bicyclic) bond motifs is 1. The molecule has 0 aliphatic carbocycles. The summed E-state index contributed by atoms with van der Waals surface area (Å²) in [6.07, 6.45) is 1.79. The average molecular weight is 425 g/mol. The van der Waals surface area contributed by atoms with Crippen molar-refractivity contribution in [1.29, 1.82) is 0 Å². The molecule has 5 heteroatoms. The number of aryl methyl sites for hydroxylation is 2. The summed E-state index contributed by atoms with van der Waals surface area (Å²) in [7, 11) is 0.484. The second kappa shape index (κ2) is 9.73. The smallest absolute Gasteiger partial charge is 0.243 e. The van der Waals surface area contributed by atoms with Crippen LogP contribution in [0.3, 0.4) is 0 Å². The van der Waals surface area contributed by atoms with Crippen LogP contribution in [0.2, 0.25) is 0 Å². The van der Waals surface area contributed by atoms with Crippen LogP contribution in [0, 0.1) is 13.8 Å². The van der Waals surface area contributed by atoms with Gasteiger partial charge in [0.1, 0.15) is 0 Å². The molecular weight excluding hydrogens is 392 g/mol. The van der Waals surface area contributed by atoms with E-state index in [1.54, 1.807) is 16.4 Å². The molecular formula is C25H32N2O2S. The van der Waals surface area contributed by atoms with Gasteiger partial charge in [-0.1, -0.05) is 59.7 Å². The number of hydrogen-bond acceptors (Lipinski definition) is 3. The van der Waals surface area contributed by atoms with Gasteiger partial charge in [0.05, 0.1) is 4.90 Å². The third kappa shape index (κ3) is 5.69. The molecule has 0 unspecified atom stereocenters. The quantitative estimate of drug-likeness (QED) is 0.455. The minimum Gasteiger partial charge on any atom is -0.309 e. The molecule has 0 aromatic heterocycles. The van der Waals surface area contributed by atoms with Crippen LogP contribution in [-0.4, -0.2) is 44.8 Å². The second-order valence-electron chi connectivity index (χ2n) is 8.35. The second-order valence-corrected chi connectivity index (χ2v) is 10.3. The first-order chi connectivity index (χ1) is 14.3. The summed E-state index contributed by atoms with van der Waals surface area (Å²) in [4.78, 5) is 2.49. The van der Waals surface area contributed by atoms with Gasteiger partial charge in [0.2, 0.25) is 10.0 Å². The van der Waals surface area contributed by atoms with Crippen LogP contribution in [0.15, 0.2) is 65.6 Å². The fourth-order valence-electron chi connectivity index (χ4n) is 3.84. The lowest BCUT2D eigenvalue weighted by molar-refractivity contribution is 0.358. The lowest BCUT2D eigenvalue weighted by atomic mass is 10.1. The number of unbranched alkanes of at least 4 members (excludes halogenated alkanes) is 1. The maximum absolute atomic E-state index is 13.6. The van der Waals surface area contributed by atoms with E-state index in [1.807, 2.05) is 44.4 Å². The summed E-state index contributed by atoms with van der Waals surface area (Å²) in [5.74, 6) is 0. The molecule has 0 N–H and O–H groups in total.